The summed E-state index contributed by atoms with van der Waals surface area (Å²) in [5.41, 5.74) is 0. The van der Waals surface area contributed by atoms with Crippen molar-refractivity contribution in [2.24, 2.45) is 5.92 Å². The maximum Gasteiger partial charge on any atom is -0.0353 e. The predicted molar refractivity (Wildman–Crippen MR) is 89.7 cm³/mol. The van der Waals surface area contributed by atoms with Gasteiger partial charge in [-0.1, -0.05) is 97.0 Å². The molecule has 0 fully saturated rings. The first-order chi connectivity index (χ1) is 9.31. The molecule has 0 aliphatic rings. The van der Waals surface area contributed by atoms with Crippen LogP contribution in [-0.2, 0) is 0 Å². The Labute approximate surface area is 123 Å². The van der Waals surface area contributed by atoms with Gasteiger partial charge in [0.2, 0.25) is 0 Å². The molecule has 0 saturated heterocycles. The molecule has 114 valence electrons. The minimum absolute atomic E-state index is 0.963. The number of rotatable bonds is 15. The fourth-order valence-electron chi connectivity index (χ4n) is 2.72. The second-order valence-corrected chi connectivity index (χ2v) is 6.30. The standard InChI is InChI=1S/C19H38/c1-4-6-8-9-10-11-12-13-14-15-16-18-19(3)17-7-5-2/h4,19H,1,5-18H2,2-3H3. The molecule has 0 saturated carbocycles. The molecular formula is C19H38. The molecular weight excluding hydrogens is 228 g/mol. The van der Waals surface area contributed by atoms with Crippen LogP contribution in [0.25, 0.3) is 0 Å². The second kappa shape index (κ2) is 15.8. The molecule has 1 unspecified atom stereocenters. The van der Waals surface area contributed by atoms with E-state index in [-0.39, 0.29) is 0 Å². The quantitative estimate of drug-likeness (QED) is 0.216. The van der Waals surface area contributed by atoms with Gasteiger partial charge in [0.25, 0.3) is 0 Å². The lowest BCUT2D eigenvalue weighted by atomic mass is 9.97. The molecule has 0 N–H and O–H groups in total. The van der Waals surface area contributed by atoms with Crippen molar-refractivity contribution in [1.29, 1.82) is 0 Å². The largest absolute Gasteiger partial charge is 0.103 e. The van der Waals surface area contributed by atoms with E-state index >= 15 is 0 Å². The molecule has 0 aliphatic carbocycles. The van der Waals surface area contributed by atoms with E-state index in [1.54, 1.807) is 0 Å². The number of allylic oxidation sites excluding steroid dienone is 1. The van der Waals surface area contributed by atoms with Gasteiger partial charge in [0, 0.05) is 0 Å². The summed E-state index contributed by atoms with van der Waals surface area (Å²) in [5.74, 6) is 0.963. The predicted octanol–water partition coefficient (Wildman–Crippen LogP) is 7.29. The lowest BCUT2D eigenvalue weighted by Crippen LogP contribution is -1.94. The highest BCUT2D eigenvalue weighted by Gasteiger charge is 2.00. The molecule has 19 heavy (non-hydrogen) atoms. The average molecular weight is 267 g/mol. The van der Waals surface area contributed by atoms with E-state index in [0.29, 0.717) is 0 Å². The Morgan fingerprint density at radius 1 is 0.737 bits per heavy atom. The van der Waals surface area contributed by atoms with E-state index in [1.165, 1.54) is 89.9 Å². The molecule has 0 aromatic carbocycles. The van der Waals surface area contributed by atoms with E-state index in [4.69, 9.17) is 0 Å². The van der Waals surface area contributed by atoms with Gasteiger partial charge >= 0.3 is 0 Å². The zero-order valence-electron chi connectivity index (χ0n) is 13.8. The summed E-state index contributed by atoms with van der Waals surface area (Å²) in [4.78, 5) is 0. The summed E-state index contributed by atoms with van der Waals surface area (Å²) in [6, 6.07) is 0. The van der Waals surface area contributed by atoms with Crippen LogP contribution in [0.3, 0.4) is 0 Å². The molecule has 0 rings (SSSR count). The molecule has 0 bridgehead atoms. The first-order valence-electron chi connectivity index (χ1n) is 8.92. The summed E-state index contributed by atoms with van der Waals surface area (Å²) < 4.78 is 0. The van der Waals surface area contributed by atoms with Gasteiger partial charge in [-0.05, 0) is 18.8 Å². The highest BCUT2D eigenvalue weighted by atomic mass is 14.1. The van der Waals surface area contributed by atoms with Crippen molar-refractivity contribution in [3.05, 3.63) is 12.7 Å². The van der Waals surface area contributed by atoms with Crippen LogP contribution in [0.5, 0.6) is 0 Å². The Bertz CT molecular complexity index is 171. The monoisotopic (exact) mass is 266 g/mol. The van der Waals surface area contributed by atoms with E-state index in [0.717, 1.165) is 5.92 Å². The molecule has 0 aliphatic heterocycles. The van der Waals surface area contributed by atoms with E-state index in [1.807, 2.05) is 6.08 Å². The minimum Gasteiger partial charge on any atom is -0.103 e. The van der Waals surface area contributed by atoms with Crippen LogP contribution in [0.15, 0.2) is 12.7 Å². The Balaban J connectivity index is 3.04. The number of hydrogen-bond donors (Lipinski definition) is 0. The maximum absolute atomic E-state index is 3.77. The summed E-state index contributed by atoms with van der Waals surface area (Å²) >= 11 is 0. The lowest BCUT2D eigenvalue weighted by molar-refractivity contribution is 0.440. The SMILES string of the molecule is C=CCCCCCCCCCCCC(C)CCCC. The Morgan fingerprint density at radius 3 is 1.74 bits per heavy atom. The molecule has 0 aromatic rings. The summed E-state index contributed by atoms with van der Waals surface area (Å²) in [7, 11) is 0. The first kappa shape index (κ1) is 18.7. The van der Waals surface area contributed by atoms with Crippen LogP contribution in [0, 0.1) is 5.92 Å². The van der Waals surface area contributed by atoms with Gasteiger partial charge < -0.3 is 0 Å². The van der Waals surface area contributed by atoms with Crippen LogP contribution in [0.4, 0.5) is 0 Å². The zero-order valence-corrected chi connectivity index (χ0v) is 13.8. The third-order valence-electron chi connectivity index (χ3n) is 4.16. The van der Waals surface area contributed by atoms with Crippen molar-refractivity contribution in [2.75, 3.05) is 0 Å². The van der Waals surface area contributed by atoms with Crippen molar-refractivity contribution in [1.82, 2.24) is 0 Å². The minimum atomic E-state index is 0.963. The van der Waals surface area contributed by atoms with Crippen molar-refractivity contribution >= 4 is 0 Å². The normalized spacial score (nSPS) is 12.5. The fourth-order valence-corrected chi connectivity index (χ4v) is 2.72. The van der Waals surface area contributed by atoms with Crippen LogP contribution in [0.2, 0.25) is 0 Å². The number of hydrogen-bond acceptors (Lipinski definition) is 0. The van der Waals surface area contributed by atoms with Gasteiger partial charge in [0.15, 0.2) is 0 Å². The van der Waals surface area contributed by atoms with Gasteiger partial charge in [-0.25, -0.2) is 0 Å². The lowest BCUT2D eigenvalue weighted by Gasteiger charge is -2.10. The van der Waals surface area contributed by atoms with Gasteiger partial charge in [0.05, 0.1) is 0 Å². The van der Waals surface area contributed by atoms with E-state index < -0.39 is 0 Å². The molecule has 1 atom stereocenters. The smallest absolute Gasteiger partial charge is 0.0353 e. The van der Waals surface area contributed by atoms with Gasteiger partial charge in [-0.2, -0.15) is 0 Å². The van der Waals surface area contributed by atoms with Crippen LogP contribution < -0.4 is 0 Å². The fraction of sp³-hybridized carbons (Fsp3) is 0.895. The van der Waals surface area contributed by atoms with Gasteiger partial charge in [0.1, 0.15) is 0 Å². The van der Waals surface area contributed by atoms with Crippen LogP contribution in [-0.4, -0.2) is 0 Å². The van der Waals surface area contributed by atoms with E-state index in [9.17, 15) is 0 Å². The summed E-state index contributed by atoms with van der Waals surface area (Å²) in [5, 5.41) is 0. The average Bonchev–Trinajstić information content (AvgIpc) is 2.42. The Kier molecular flexibility index (Phi) is 15.6. The number of unbranched alkanes of at least 4 members (excludes halogenated alkanes) is 10. The molecule has 0 aromatic heterocycles. The van der Waals surface area contributed by atoms with E-state index in [2.05, 4.69) is 20.4 Å². The Hall–Kier alpha value is -0.260. The van der Waals surface area contributed by atoms with Crippen molar-refractivity contribution in [3.63, 3.8) is 0 Å². The Morgan fingerprint density at radius 2 is 1.21 bits per heavy atom. The second-order valence-electron chi connectivity index (χ2n) is 6.30. The van der Waals surface area contributed by atoms with Crippen molar-refractivity contribution in [3.8, 4) is 0 Å². The third-order valence-corrected chi connectivity index (χ3v) is 4.16. The molecule has 0 heteroatoms. The molecule has 0 amide bonds. The zero-order chi connectivity index (χ0) is 14.2. The topological polar surface area (TPSA) is 0 Å². The molecule has 0 radical (unpaired) electrons. The highest BCUT2D eigenvalue weighted by molar-refractivity contribution is 4.65. The van der Waals surface area contributed by atoms with Crippen molar-refractivity contribution < 1.29 is 0 Å². The highest BCUT2D eigenvalue weighted by Crippen LogP contribution is 2.17. The van der Waals surface area contributed by atoms with Crippen molar-refractivity contribution in [2.45, 2.75) is 104 Å². The van der Waals surface area contributed by atoms with Gasteiger partial charge in [-0.15, -0.1) is 6.58 Å². The molecule has 0 nitrogen and oxygen atoms in total. The summed E-state index contributed by atoms with van der Waals surface area (Å²) in [6.07, 6.45) is 21.9. The van der Waals surface area contributed by atoms with Crippen LogP contribution >= 0.6 is 0 Å². The van der Waals surface area contributed by atoms with Gasteiger partial charge in [-0.3, -0.25) is 0 Å². The maximum atomic E-state index is 3.77. The third kappa shape index (κ3) is 15.7. The first-order valence-corrected chi connectivity index (χ1v) is 8.92. The molecule has 0 heterocycles. The summed E-state index contributed by atoms with van der Waals surface area (Å²) in [6.45, 7) is 8.49. The molecule has 0 spiro atoms. The van der Waals surface area contributed by atoms with Crippen LogP contribution in [0.1, 0.15) is 104 Å².